The molecule has 148 valence electrons. The summed E-state index contributed by atoms with van der Waals surface area (Å²) in [5.41, 5.74) is 2.57. The number of aromatic nitrogens is 1. The molecular formula is C24H31N3O. The van der Waals surface area contributed by atoms with Gasteiger partial charge in [-0.25, -0.2) is 0 Å². The second-order valence-corrected chi connectivity index (χ2v) is 8.32. The average molecular weight is 378 g/mol. The van der Waals surface area contributed by atoms with Gasteiger partial charge in [0, 0.05) is 37.9 Å². The molecule has 3 heterocycles. The highest BCUT2D eigenvalue weighted by atomic mass is 16.2. The van der Waals surface area contributed by atoms with Crippen LogP contribution in [0.1, 0.15) is 43.2 Å². The van der Waals surface area contributed by atoms with Crippen molar-refractivity contribution in [3.8, 4) is 0 Å². The highest BCUT2D eigenvalue weighted by molar-refractivity contribution is 5.79. The summed E-state index contributed by atoms with van der Waals surface area (Å²) in [6, 6.07) is 14.6. The van der Waals surface area contributed by atoms with E-state index < -0.39 is 0 Å². The van der Waals surface area contributed by atoms with Crippen LogP contribution >= 0.6 is 0 Å². The molecule has 1 aromatic carbocycles. The fourth-order valence-corrected chi connectivity index (χ4v) is 4.79. The van der Waals surface area contributed by atoms with E-state index in [1.807, 2.05) is 18.5 Å². The SMILES string of the molecule is O=C1[C@@H](C2CCN(Cc3ccncc3)CC2)CCCCN1Cc1ccccc1. The zero-order valence-electron chi connectivity index (χ0n) is 16.7. The number of rotatable bonds is 5. The van der Waals surface area contributed by atoms with Gasteiger partial charge >= 0.3 is 0 Å². The molecule has 1 amide bonds. The molecule has 0 aliphatic carbocycles. The lowest BCUT2D eigenvalue weighted by Crippen LogP contribution is -2.42. The van der Waals surface area contributed by atoms with E-state index in [9.17, 15) is 4.79 Å². The first kappa shape index (κ1) is 19.1. The van der Waals surface area contributed by atoms with Gasteiger partial charge in [-0.1, -0.05) is 36.8 Å². The maximum atomic E-state index is 13.3. The zero-order valence-corrected chi connectivity index (χ0v) is 16.7. The Labute approximate surface area is 168 Å². The summed E-state index contributed by atoms with van der Waals surface area (Å²) >= 11 is 0. The molecule has 4 nitrogen and oxygen atoms in total. The van der Waals surface area contributed by atoms with Crippen molar-refractivity contribution in [2.75, 3.05) is 19.6 Å². The topological polar surface area (TPSA) is 36.4 Å². The number of benzene rings is 1. The Morgan fingerprint density at radius 3 is 2.29 bits per heavy atom. The minimum Gasteiger partial charge on any atom is -0.338 e. The summed E-state index contributed by atoms with van der Waals surface area (Å²) in [5, 5.41) is 0. The van der Waals surface area contributed by atoms with E-state index >= 15 is 0 Å². The fourth-order valence-electron chi connectivity index (χ4n) is 4.79. The Morgan fingerprint density at radius 2 is 1.54 bits per heavy atom. The molecule has 4 rings (SSSR count). The lowest BCUT2D eigenvalue weighted by Gasteiger charge is -2.36. The number of carbonyl (C=O) groups excluding carboxylic acids is 1. The number of likely N-dealkylation sites (tertiary alicyclic amines) is 2. The first-order valence-corrected chi connectivity index (χ1v) is 10.7. The highest BCUT2D eigenvalue weighted by Crippen LogP contribution is 2.33. The molecule has 0 saturated carbocycles. The number of piperidine rings is 1. The van der Waals surface area contributed by atoms with Crippen molar-refractivity contribution in [1.82, 2.24) is 14.8 Å². The Balaban J connectivity index is 1.35. The van der Waals surface area contributed by atoms with Gasteiger partial charge in [-0.2, -0.15) is 0 Å². The summed E-state index contributed by atoms with van der Waals surface area (Å²) < 4.78 is 0. The van der Waals surface area contributed by atoms with Gasteiger partial charge in [0.1, 0.15) is 0 Å². The minimum absolute atomic E-state index is 0.217. The van der Waals surface area contributed by atoms with Crippen molar-refractivity contribution in [3.63, 3.8) is 0 Å². The van der Waals surface area contributed by atoms with Crippen LogP contribution in [0.4, 0.5) is 0 Å². The maximum Gasteiger partial charge on any atom is 0.226 e. The second-order valence-electron chi connectivity index (χ2n) is 8.32. The highest BCUT2D eigenvalue weighted by Gasteiger charge is 2.35. The quantitative estimate of drug-likeness (QED) is 0.786. The number of nitrogens with zero attached hydrogens (tertiary/aromatic N) is 3. The van der Waals surface area contributed by atoms with Crippen LogP contribution in [0.15, 0.2) is 54.9 Å². The largest absolute Gasteiger partial charge is 0.338 e. The first-order chi connectivity index (χ1) is 13.8. The molecule has 2 aromatic rings. The van der Waals surface area contributed by atoms with Crippen molar-refractivity contribution in [1.29, 1.82) is 0 Å². The monoisotopic (exact) mass is 377 g/mol. The van der Waals surface area contributed by atoms with Gasteiger partial charge in [-0.15, -0.1) is 0 Å². The van der Waals surface area contributed by atoms with Crippen LogP contribution in [0, 0.1) is 11.8 Å². The van der Waals surface area contributed by atoms with Gasteiger partial charge in [-0.3, -0.25) is 14.7 Å². The molecule has 4 heteroatoms. The van der Waals surface area contributed by atoms with Gasteiger partial charge in [-0.05, 0) is 68.0 Å². The molecule has 0 spiro atoms. The third kappa shape index (κ3) is 4.79. The minimum atomic E-state index is 0.217. The van der Waals surface area contributed by atoms with Crippen molar-refractivity contribution in [3.05, 3.63) is 66.0 Å². The average Bonchev–Trinajstić information content (AvgIpc) is 2.92. The molecule has 2 aliphatic heterocycles. The second kappa shape index (κ2) is 9.33. The van der Waals surface area contributed by atoms with E-state index in [4.69, 9.17) is 0 Å². The third-order valence-corrected chi connectivity index (χ3v) is 6.40. The van der Waals surface area contributed by atoms with Crippen LogP contribution in [-0.4, -0.2) is 40.3 Å². The summed E-state index contributed by atoms with van der Waals surface area (Å²) in [4.78, 5) is 22.1. The molecule has 2 aliphatic rings. The number of amides is 1. The molecule has 0 radical (unpaired) electrons. The summed E-state index contributed by atoms with van der Waals surface area (Å²) in [7, 11) is 0. The Kier molecular flexibility index (Phi) is 6.38. The van der Waals surface area contributed by atoms with Crippen LogP contribution < -0.4 is 0 Å². The van der Waals surface area contributed by atoms with Crippen LogP contribution in [0.25, 0.3) is 0 Å². The van der Waals surface area contributed by atoms with Crippen LogP contribution in [0.2, 0.25) is 0 Å². The van der Waals surface area contributed by atoms with E-state index in [2.05, 4.69) is 51.2 Å². The Hall–Kier alpha value is -2.20. The van der Waals surface area contributed by atoms with Crippen LogP contribution in [-0.2, 0) is 17.9 Å². The Bertz CT molecular complexity index is 741. The van der Waals surface area contributed by atoms with E-state index in [1.165, 1.54) is 17.5 Å². The molecule has 1 atom stereocenters. The Morgan fingerprint density at radius 1 is 0.821 bits per heavy atom. The van der Waals surface area contributed by atoms with Crippen molar-refractivity contribution < 1.29 is 4.79 Å². The van der Waals surface area contributed by atoms with Gasteiger partial charge in [0.05, 0.1) is 0 Å². The van der Waals surface area contributed by atoms with E-state index in [0.29, 0.717) is 11.8 Å². The van der Waals surface area contributed by atoms with Crippen LogP contribution in [0.3, 0.4) is 0 Å². The fraction of sp³-hybridized carbons (Fsp3) is 0.500. The molecule has 0 unspecified atom stereocenters. The number of pyridine rings is 1. The van der Waals surface area contributed by atoms with Crippen LogP contribution in [0.5, 0.6) is 0 Å². The maximum absolute atomic E-state index is 13.3. The number of hydrogen-bond acceptors (Lipinski definition) is 3. The molecule has 0 bridgehead atoms. The van der Waals surface area contributed by atoms with Crippen molar-refractivity contribution in [2.45, 2.75) is 45.2 Å². The molecule has 28 heavy (non-hydrogen) atoms. The van der Waals surface area contributed by atoms with Gasteiger partial charge < -0.3 is 4.90 Å². The van der Waals surface area contributed by atoms with Crippen molar-refractivity contribution >= 4 is 5.91 Å². The lowest BCUT2D eigenvalue weighted by atomic mass is 9.81. The summed E-state index contributed by atoms with van der Waals surface area (Å²) in [6.45, 7) is 4.85. The van der Waals surface area contributed by atoms with E-state index in [1.54, 1.807) is 0 Å². The molecular weight excluding hydrogens is 346 g/mol. The molecule has 0 N–H and O–H groups in total. The van der Waals surface area contributed by atoms with E-state index in [-0.39, 0.29) is 5.92 Å². The number of hydrogen-bond donors (Lipinski definition) is 0. The smallest absolute Gasteiger partial charge is 0.226 e. The standard InChI is InChI=1S/C24H31N3O/c28-24-23(8-4-5-15-27(24)19-20-6-2-1-3-7-20)22-11-16-26(17-12-22)18-21-9-13-25-14-10-21/h1-3,6-7,9-10,13-14,22-23H,4-5,8,11-12,15-19H2/t23-/m1/s1. The van der Waals surface area contributed by atoms with Gasteiger partial charge in [0.15, 0.2) is 0 Å². The molecule has 2 saturated heterocycles. The van der Waals surface area contributed by atoms with E-state index in [0.717, 1.165) is 58.4 Å². The first-order valence-electron chi connectivity index (χ1n) is 10.7. The summed E-state index contributed by atoms with van der Waals surface area (Å²) in [6.07, 6.45) is 9.40. The van der Waals surface area contributed by atoms with Crippen molar-refractivity contribution in [2.24, 2.45) is 11.8 Å². The predicted molar refractivity (Wildman–Crippen MR) is 111 cm³/mol. The third-order valence-electron chi connectivity index (χ3n) is 6.40. The lowest BCUT2D eigenvalue weighted by molar-refractivity contribution is -0.138. The predicted octanol–water partition coefficient (Wildman–Crippen LogP) is 4.12. The molecule has 1 aromatic heterocycles. The van der Waals surface area contributed by atoms with Gasteiger partial charge in [0.25, 0.3) is 0 Å². The molecule has 2 fully saturated rings. The zero-order chi connectivity index (χ0) is 19.2. The van der Waals surface area contributed by atoms with Gasteiger partial charge in [0.2, 0.25) is 5.91 Å². The normalized spacial score (nSPS) is 22.2. The summed E-state index contributed by atoms with van der Waals surface area (Å²) in [5.74, 6) is 1.15. The number of carbonyl (C=O) groups is 1.